The van der Waals surface area contributed by atoms with Crippen molar-refractivity contribution in [3.63, 3.8) is 0 Å². The number of fused-ring (bicyclic) bond motifs is 1. The van der Waals surface area contributed by atoms with Crippen LogP contribution in [0.25, 0.3) is 11.1 Å². The van der Waals surface area contributed by atoms with E-state index in [2.05, 4.69) is 36.4 Å². The molecule has 1 aliphatic rings. The molecule has 0 unspecified atom stereocenters. The lowest BCUT2D eigenvalue weighted by Gasteiger charge is -2.34. The molecule has 2 aromatic rings. The summed E-state index contributed by atoms with van der Waals surface area (Å²) in [6.45, 7) is 7.72. The molecule has 24 heavy (non-hydrogen) atoms. The number of benzene rings is 1. The number of oxazole rings is 1. The molecule has 1 aromatic carbocycles. The lowest BCUT2D eigenvalue weighted by Crippen LogP contribution is -2.51. The minimum absolute atomic E-state index is 0.106. The van der Waals surface area contributed by atoms with Crippen LogP contribution in [0.3, 0.4) is 0 Å². The second kappa shape index (κ2) is 6.18. The van der Waals surface area contributed by atoms with Crippen LogP contribution in [0.2, 0.25) is 0 Å². The highest BCUT2D eigenvalue weighted by Gasteiger charge is 2.39. The lowest BCUT2D eigenvalue weighted by molar-refractivity contribution is -0.140. The summed E-state index contributed by atoms with van der Waals surface area (Å²) in [5.74, 6) is 0.582. The average Bonchev–Trinajstić information content (AvgIpc) is 2.99. The van der Waals surface area contributed by atoms with Crippen LogP contribution in [-0.2, 0) is 14.9 Å². The molecule has 1 amide bonds. The van der Waals surface area contributed by atoms with Crippen LogP contribution in [0.15, 0.2) is 22.6 Å². The van der Waals surface area contributed by atoms with Crippen molar-refractivity contribution in [2.75, 3.05) is 25.5 Å². The highest BCUT2D eigenvalue weighted by Crippen LogP contribution is 2.29. The van der Waals surface area contributed by atoms with E-state index in [1.54, 1.807) is 7.11 Å². The van der Waals surface area contributed by atoms with Crippen molar-refractivity contribution in [3.8, 4) is 0 Å². The van der Waals surface area contributed by atoms with Gasteiger partial charge >= 0.3 is 0 Å². The first-order chi connectivity index (χ1) is 11.3. The van der Waals surface area contributed by atoms with Crippen molar-refractivity contribution in [2.45, 2.75) is 44.6 Å². The Balaban J connectivity index is 1.83. The van der Waals surface area contributed by atoms with E-state index in [1.165, 1.54) is 0 Å². The summed E-state index contributed by atoms with van der Waals surface area (Å²) in [4.78, 5) is 17.3. The van der Waals surface area contributed by atoms with Gasteiger partial charge in [-0.15, -0.1) is 0 Å². The number of amides is 1. The zero-order valence-electron chi connectivity index (χ0n) is 14.7. The van der Waals surface area contributed by atoms with Crippen LogP contribution in [0.4, 0.5) is 5.69 Å². The fourth-order valence-corrected chi connectivity index (χ4v) is 2.93. The molecule has 0 saturated carbocycles. The van der Waals surface area contributed by atoms with Gasteiger partial charge in [0.15, 0.2) is 5.58 Å². The van der Waals surface area contributed by atoms with E-state index in [1.807, 2.05) is 18.2 Å². The largest absolute Gasteiger partial charge is 0.440 e. The molecule has 130 valence electrons. The van der Waals surface area contributed by atoms with Gasteiger partial charge in [0.25, 0.3) is 5.91 Å². The Morgan fingerprint density at radius 1 is 1.33 bits per heavy atom. The molecular weight excluding hydrogens is 306 g/mol. The molecule has 6 heteroatoms. The van der Waals surface area contributed by atoms with E-state index in [0.717, 1.165) is 24.2 Å². The average molecular weight is 331 g/mol. The quantitative estimate of drug-likeness (QED) is 0.904. The molecule has 0 radical (unpaired) electrons. The molecule has 2 heterocycles. The van der Waals surface area contributed by atoms with Crippen molar-refractivity contribution >= 4 is 22.7 Å². The lowest BCUT2D eigenvalue weighted by atomic mass is 9.91. The minimum atomic E-state index is -0.763. The molecule has 0 bridgehead atoms. The normalized spacial score (nSPS) is 17.8. The second-order valence-electron chi connectivity index (χ2n) is 7.35. The Kier molecular flexibility index (Phi) is 4.36. The van der Waals surface area contributed by atoms with E-state index >= 15 is 0 Å². The fraction of sp³-hybridized carbons (Fsp3) is 0.556. The number of anilines is 1. The Labute approximate surface area is 142 Å². The van der Waals surface area contributed by atoms with Crippen molar-refractivity contribution in [2.24, 2.45) is 0 Å². The van der Waals surface area contributed by atoms with Crippen molar-refractivity contribution in [3.05, 3.63) is 24.1 Å². The third kappa shape index (κ3) is 3.16. The molecule has 6 nitrogen and oxygen atoms in total. The van der Waals surface area contributed by atoms with E-state index in [0.29, 0.717) is 24.4 Å². The molecule has 2 N–H and O–H groups in total. The zero-order valence-corrected chi connectivity index (χ0v) is 14.7. The SMILES string of the molecule is COC1(C(=O)Nc2ccc3oc(C(C)(C)C)nc3c2)CCNCC1. The number of nitrogens with zero attached hydrogens (tertiary/aromatic N) is 1. The molecule has 0 atom stereocenters. The number of hydrogen-bond acceptors (Lipinski definition) is 5. The maximum atomic E-state index is 12.7. The fourth-order valence-electron chi connectivity index (χ4n) is 2.93. The molecule has 1 fully saturated rings. The number of hydrogen-bond donors (Lipinski definition) is 2. The number of nitrogens with one attached hydrogen (secondary N) is 2. The van der Waals surface area contributed by atoms with Crippen LogP contribution >= 0.6 is 0 Å². The number of piperidine rings is 1. The minimum Gasteiger partial charge on any atom is -0.440 e. The number of carbonyl (C=O) groups is 1. The van der Waals surface area contributed by atoms with Crippen LogP contribution in [-0.4, -0.2) is 36.7 Å². The second-order valence-corrected chi connectivity index (χ2v) is 7.35. The monoisotopic (exact) mass is 331 g/mol. The standard InChI is InChI=1S/C18H25N3O3/c1-17(2,3)16-21-13-11-12(5-6-14(13)24-16)20-15(22)18(23-4)7-9-19-10-8-18/h5-6,11,19H,7-10H2,1-4H3,(H,20,22). The van der Waals surface area contributed by atoms with Crippen molar-refractivity contribution in [1.29, 1.82) is 0 Å². The summed E-state index contributed by atoms with van der Waals surface area (Å²) in [6.07, 6.45) is 1.32. The summed E-state index contributed by atoms with van der Waals surface area (Å²) in [5.41, 5.74) is 1.25. The predicted octanol–water partition coefficient (Wildman–Crippen LogP) is 2.83. The number of ether oxygens (including phenoxy) is 1. The van der Waals surface area contributed by atoms with Gasteiger partial charge in [-0.25, -0.2) is 4.98 Å². The van der Waals surface area contributed by atoms with Crippen LogP contribution < -0.4 is 10.6 Å². The van der Waals surface area contributed by atoms with Gasteiger partial charge < -0.3 is 19.8 Å². The van der Waals surface area contributed by atoms with Gasteiger partial charge in [0.2, 0.25) is 5.89 Å². The maximum Gasteiger partial charge on any atom is 0.256 e. The van der Waals surface area contributed by atoms with Gasteiger partial charge in [0, 0.05) is 18.2 Å². The third-order valence-corrected chi connectivity index (χ3v) is 4.50. The van der Waals surface area contributed by atoms with Crippen molar-refractivity contribution in [1.82, 2.24) is 10.3 Å². The maximum absolute atomic E-state index is 12.7. The molecular formula is C18H25N3O3. The summed E-state index contributed by atoms with van der Waals surface area (Å²) in [6, 6.07) is 5.52. The van der Waals surface area contributed by atoms with Crippen molar-refractivity contribution < 1.29 is 13.9 Å². The van der Waals surface area contributed by atoms with Gasteiger partial charge in [-0.2, -0.15) is 0 Å². The topological polar surface area (TPSA) is 76.4 Å². The van der Waals surface area contributed by atoms with Gasteiger partial charge in [-0.1, -0.05) is 20.8 Å². The number of aromatic nitrogens is 1. The first-order valence-corrected chi connectivity index (χ1v) is 8.32. The Bertz CT molecular complexity index is 740. The predicted molar refractivity (Wildman–Crippen MR) is 93.2 cm³/mol. The highest BCUT2D eigenvalue weighted by molar-refractivity contribution is 5.98. The molecule has 0 spiro atoms. The Morgan fingerprint density at radius 2 is 2.04 bits per heavy atom. The van der Waals surface area contributed by atoms with Crippen LogP contribution in [0.5, 0.6) is 0 Å². The Hall–Kier alpha value is -1.92. The third-order valence-electron chi connectivity index (χ3n) is 4.50. The Morgan fingerprint density at radius 3 is 2.67 bits per heavy atom. The molecule has 3 rings (SSSR count). The zero-order chi connectivity index (χ0) is 17.4. The first-order valence-electron chi connectivity index (χ1n) is 8.32. The molecule has 0 aliphatic carbocycles. The first kappa shape index (κ1) is 16.9. The van der Waals surface area contributed by atoms with Crippen LogP contribution in [0.1, 0.15) is 39.5 Å². The van der Waals surface area contributed by atoms with E-state index < -0.39 is 5.60 Å². The van der Waals surface area contributed by atoms with Gasteiger partial charge in [-0.3, -0.25) is 4.79 Å². The van der Waals surface area contributed by atoms with Gasteiger partial charge in [-0.05, 0) is 44.1 Å². The van der Waals surface area contributed by atoms with Crippen LogP contribution in [0, 0.1) is 0 Å². The van der Waals surface area contributed by atoms with E-state index in [4.69, 9.17) is 9.15 Å². The van der Waals surface area contributed by atoms with Gasteiger partial charge in [0.1, 0.15) is 11.1 Å². The molecule has 1 saturated heterocycles. The van der Waals surface area contributed by atoms with E-state index in [-0.39, 0.29) is 11.3 Å². The van der Waals surface area contributed by atoms with E-state index in [9.17, 15) is 4.79 Å². The summed E-state index contributed by atoms with van der Waals surface area (Å²) in [7, 11) is 1.60. The highest BCUT2D eigenvalue weighted by atomic mass is 16.5. The summed E-state index contributed by atoms with van der Waals surface area (Å²) >= 11 is 0. The number of methoxy groups -OCH3 is 1. The number of rotatable bonds is 3. The molecule has 1 aromatic heterocycles. The molecule has 1 aliphatic heterocycles. The summed E-state index contributed by atoms with van der Waals surface area (Å²) in [5, 5.41) is 6.22. The number of carbonyl (C=O) groups excluding carboxylic acids is 1. The summed E-state index contributed by atoms with van der Waals surface area (Å²) < 4.78 is 11.4. The smallest absolute Gasteiger partial charge is 0.256 e. The van der Waals surface area contributed by atoms with Gasteiger partial charge in [0.05, 0.1) is 0 Å².